The Balaban J connectivity index is -0.00000000500. The summed E-state index contributed by atoms with van der Waals surface area (Å²) in [6.07, 6.45) is 0. The Kier molecular flexibility index (Phi) is 1070. The van der Waals surface area contributed by atoms with Gasteiger partial charge in [-0.15, -0.1) is 0 Å². The van der Waals surface area contributed by atoms with Gasteiger partial charge in [-0.2, -0.15) is 20.8 Å². The minimum atomic E-state index is 0. The molecule has 0 aliphatic carbocycles. The number of hydrogen-bond donors (Lipinski definition) is 0. The molecule has 0 radical (unpaired) electrons. The van der Waals surface area contributed by atoms with Crippen molar-refractivity contribution in [1.82, 2.24) is 0 Å². The normalized spacial score (nSPS) is 2.25. The zero-order chi connectivity index (χ0) is 6.00. The molecule has 0 bridgehead atoms. The monoisotopic (exact) mass is 346 g/mol. The van der Waals surface area contributed by atoms with Crippen LogP contribution in [-0.2, 0) is 25.8 Å². The summed E-state index contributed by atoms with van der Waals surface area (Å²) in [5.41, 5.74) is 0. The second-order valence-corrected chi connectivity index (χ2v) is 0. The Labute approximate surface area is 84.0 Å². The van der Waals surface area contributed by atoms with Crippen LogP contribution < -0.4 is 17.0 Å². The van der Waals surface area contributed by atoms with Gasteiger partial charge in [-0.1, -0.05) is 0 Å². The van der Waals surface area contributed by atoms with Crippen molar-refractivity contribution in [2.45, 2.75) is 20.8 Å². The molecule has 0 aromatic carbocycles. The van der Waals surface area contributed by atoms with E-state index < -0.39 is 0 Å². The largest absolute Gasteiger partial charge is 4.00 e. The summed E-state index contributed by atoms with van der Waals surface area (Å²) in [5.74, 6) is 0. The molecule has 2 heteroatoms. The molecule has 0 saturated carbocycles. The predicted molar refractivity (Wildman–Crippen MR) is 33.1 cm³/mol. The fourth-order valence-electron chi connectivity index (χ4n) is 0. The molecule has 0 amide bonds. The van der Waals surface area contributed by atoms with E-state index in [0.29, 0.717) is 0 Å². The van der Waals surface area contributed by atoms with E-state index in [9.17, 15) is 0 Å². The molecule has 0 atom stereocenters. The quantitative estimate of drug-likeness (QED) is 0.411. The first-order valence-electron chi connectivity index (χ1n) is 2.12. The zero-order valence-electron chi connectivity index (χ0n) is 6.00. The fourth-order valence-corrected chi connectivity index (χ4v) is 0. The van der Waals surface area contributed by atoms with E-state index in [2.05, 4.69) is 20.8 Å². The van der Waals surface area contributed by atoms with Crippen LogP contribution in [0.3, 0.4) is 0 Å². The van der Waals surface area contributed by atoms with Crippen LogP contribution in [0.25, 0.3) is 0 Å². The first-order chi connectivity index (χ1) is 3.00. The molecular formula is C6H15BrHf. The molecule has 0 heterocycles. The summed E-state index contributed by atoms with van der Waals surface area (Å²) in [6.45, 7) is 15.0. The maximum Gasteiger partial charge on any atom is 4.00 e. The van der Waals surface area contributed by atoms with Crippen LogP contribution in [0.15, 0.2) is 0 Å². The second-order valence-electron chi connectivity index (χ2n) is 0. The summed E-state index contributed by atoms with van der Waals surface area (Å²) in [5, 5.41) is 0. The van der Waals surface area contributed by atoms with Gasteiger partial charge in [0.1, 0.15) is 0 Å². The van der Waals surface area contributed by atoms with Gasteiger partial charge in [-0.05, 0) is 0 Å². The van der Waals surface area contributed by atoms with E-state index in [4.69, 9.17) is 0 Å². The average molecular weight is 346 g/mol. The van der Waals surface area contributed by atoms with Gasteiger partial charge in [-0.25, -0.2) is 0 Å². The van der Waals surface area contributed by atoms with Crippen molar-refractivity contribution in [1.29, 1.82) is 0 Å². The number of halogens is 1. The van der Waals surface area contributed by atoms with Gasteiger partial charge in [0.2, 0.25) is 0 Å². The molecular weight excluding hydrogens is 330 g/mol. The van der Waals surface area contributed by atoms with Crippen LogP contribution in [0.2, 0.25) is 0 Å². The van der Waals surface area contributed by atoms with Crippen LogP contribution in [0.1, 0.15) is 20.8 Å². The van der Waals surface area contributed by atoms with Gasteiger partial charge in [0.25, 0.3) is 0 Å². The summed E-state index contributed by atoms with van der Waals surface area (Å²) in [7, 11) is 0. The van der Waals surface area contributed by atoms with Gasteiger partial charge < -0.3 is 37.8 Å². The molecule has 0 aliphatic rings. The summed E-state index contributed by atoms with van der Waals surface area (Å²) < 4.78 is 0. The van der Waals surface area contributed by atoms with E-state index in [1.807, 2.05) is 0 Å². The Bertz CT molecular complexity index is 8.49. The minimum Gasteiger partial charge on any atom is -1.00 e. The zero-order valence-corrected chi connectivity index (χ0v) is 11.2. The average Bonchev–Trinajstić information content (AvgIpc) is 1.81. The van der Waals surface area contributed by atoms with Gasteiger partial charge in [0.15, 0.2) is 0 Å². The molecule has 0 rings (SSSR count). The first kappa shape index (κ1) is 34.5. The maximum atomic E-state index is 3.25. The van der Waals surface area contributed by atoms with Crippen molar-refractivity contribution in [3.05, 3.63) is 20.8 Å². The molecule has 0 spiro atoms. The third-order valence-electron chi connectivity index (χ3n) is 0. The smallest absolute Gasteiger partial charge is 1.00 e. The van der Waals surface area contributed by atoms with Crippen molar-refractivity contribution in [2.24, 2.45) is 0 Å². The maximum absolute atomic E-state index is 3.25. The standard InChI is InChI=1S/3C2H5.BrH.Hf/c3*1-2;;/h3*1H2,2H3;1H;/q3*-1;;+4/p-1. The summed E-state index contributed by atoms with van der Waals surface area (Å²) in [4.78, 5) is 0. The molecule has 0 aliphatic heterocycles. The number of rotatable bonds is 0. The van der Waals surface area contributed by atoms with E-state index in [-0.39, 0.29) is 42.8 Å². The van der Waals surface area contributed by atoms with E-state index >= 15 is 0 Å². The molecule has 8 heavy (non-hydrogen) atoms. The van der Waals surface area contributed by atoms with Crippen LogP contribution in [0.5, 0.6) is 0 Å². The molecule has 0 N–H and O–H groups in total. The fraction of sp³-hybridized carbons (Fsp3) is 0.500. The van der Waals surface area contributed by atoms with E-state index in [1.54, 1.807) is 20.8 Å². The van der Waals surface area contributed by atoms with Crippen LogP contribution >= 0.6 is 0 Å². The molecule has 0 saturated heterocycles. The van der Waals surface area contributed by atoms with Crippen molar-refractivity contribution in [3.63, 3.8) is 0 Å². The Morgan fingerprint density at radius 3 is 0.625 bits per heavy atom. The van der Waals surface area contributed by atoms with Crippen LogP contribution in [-0.4, -0.2) is 0 Å². The van der Waals surface area contributed by atoms with Crippen molar-refractivity contribution < 1.29 is 42.8 Å². The van der Waals surface area contributed by atoms with Gasteiger partial charge in [-0.3, -0.25) is 0 Å². The Hall–Kier alpha value is 1.35. The predicted octanol–water partition coefficient (Wildman–Crippen LogP) is -0.477. The van der Waals surface area contributed by atoms with Crippen LogP contribution in [0.4, 0.5) is 0 Å². The van der Waals surface area contributed by atoms with Crippen LogP contribution in [0, 0.1) is 20.8 Å². The second kappa shape index (κ2) is 247. The number of hydrogen-bond acceptors (Lipinski definition) is 0. The van der Waals surface area contributed by atoms with Gasteiger partial charge in [0.05, 0.1) is 0 Å². The molecule has 0 nitrogen and oxygen atoms in total. The molecule has 0 unspecified atom stereocenters. The van der Waals surface area contributed by atoms with E-state index in [1.165, 1.54) is 0 Å². The molecule has 0 fully saturated rings. The summed E-state index contributed by atoms with van der Waals surface area (Å²) >= 11 is 0. The van der Waals surface area contributed by atoms with Crippen molar-refractivity contribution >= 4 is 0 Å². The molecule has 0 aromatic rings. The van der Waals surface area contributed by atoms with Gasteiger partial charge in [0, 0.05) is 0 Å². The van der Waals surface area contributed by atoms with Crippen molar-refractivity contribution in [3.8, 4) is 0 Å². The Morgan fingerprint density at radius 1 is 0.625 bits per heavy atom. The topological polar surface area (TPSA) is 0 Å². The van der Waals surface area contributed by atoms with Gasteiger partial charge >= 0.3 is 25.8 Å². The molecule has 0 aromatic heterocycles. The SMILES string of the molecule is [Br-].[CH2-]C.[CH2-]C.[CH2-]C.[Hf+4]. The Morgan fingerprint density at radius 2 is 0.625 bits per heavy atom. The molecule has 50 valence electrons. The van der Waals surface area contributed by atoms with E-state index in [0.717, 1.165) is 0 Å². The third kappa shape index (κ3) is 163. The third-order valence-corrected chi connectivity index (χ3v) is 0. The first-order valence-corrected chi connectivity index (χ1v) is 2.12. The summed E-state index contributed by atoms with van der Waals surface area (Å²) in [6, 6.07) is 0. The minimum absolute atomic E-state index is 0. The van der Waals surface area contributed by atoms with Crippen molar-refractivity contribution in [2.75, 3.05) is 0 Å².